The van der Waals surface area contributed by atoms with Gasteiger partial charge in [-0.05, 0) is 85.6 Å². The summed E-state index contributed by atoms with van der Waals surface area (Å²) in [6.45, 7) is 0. The van der Waals surface area contributed by atoms with Crippen LogP contribution < -0.4 is 0 Å². The van der Waals surface area contributed by atoms with Crippen LogP contribution in [-0.2, 0) is 0 Å². The molecule has 0 amide bonds. The van der Waals surface area contributed by atoms with E-state index in [0.29, 0.717) is 5.89 Å². The van der Waals surface area contributed by atoms with Gasteiger partial charge in [0.05, 0.1) is 0 Å². The van der Waals surface area contributed by atoms with E-state index in [4.69, 9.17) is 4.42 Å². The molecule has 2 aromatic heterocycles. The number of oxazole rings is 1. The highest BCUT2D eigenvalue weighted by molar-refractivity contribution is 6.21. The molecule has 2 heterocycles. The van der Waals surface area contributed by atoms with Crippen molar-refractivity contribution >= 4 is 43.4 Å². The Bertz CT molecular complexity index is 2080. The standard InChI is InChI=1S/C36H22N2O/c1-3-9-30-28(7-1)34(23-13-15-24(16-14-23)36-38-32-11-5-6-12-33(32)39-36)29-8-2-4-10-31(29)35(30)26-17-18-27-22-37-20-19-25(27)21-26/h1-22H. The highest BCUT2D eigenvalue weighted by atomic mass is 16.3. The second kappa shape index (κ2) is 8.64. The molecule has 39 heavy (non-hydrogen) atoms. The lowest BCUT2D eigenvalue weighted by atomic mass is 9.85. The number of fused-ring (bicyclic) bond motifs is 4. The van der Waals surface area contributed by atoms with Crippen LogP contribution in [0, 0.1) is 0 Å². The zero-order chi connectivity index (χ0) is 25.8. The van der Waals surface area contributed by atoms with Gasteiger partial charge in [-0.1, -0.05) is 84.9 Å². The third kappa shape index (κ3) is 3.52. The fourth-order valence-corrected chi connectivity index (χ4v) is 5.76. The molecule has 0 atom stereocenters. The predicted molar refractivity (Wildman–Crippen MR) is 161 cm³/mol. The summed E-state index contributed by atoms with van der Waals surface area (Å²) < 4.78 is 6.02. The third-order valence-electron chi connectivity index (χ3n) is 7.58. The number of nitrogens with zero attached hydrogens (tertiary/aromatic N) is 2. The molecule has 6 aromatic carbocycles. The van der Waals surface area contributed by atoms with Crippen LogP contribution in [0.4, 0.5) is 0 Å². The highest BCUT2D eigenvalue weighted by Crippen LogP contribution is 2.44. The number of aromatic nitrogens is 2. The van der Waals surface area contributed by atoms with Gasteiger partial charge in [0.1, 0.15) is 5.52 Å². The number of hydrogen-bond acceptors (Lipinski definition) is 3. The maximum absolute atomic E-state index is 6.02. The average molecular weight is 499 g/mol. The molecule has 0 bridgehead atoms. The Kier molecular flexibility index (Phi) is 4.82. The lowest BCUT2D eigenvalue weighted by molar-refractivity contribution is 0.620. The van der Waals surface area contributed by atoms with E-state index in [-0.39, 0.29) is 0 Å². The number of benzene rings is 6. The molecule has 8 rings (SSSR count). The van der Waals surface area contributed by atoms with E-state index in [1.807, 2.05) is 36.7 Å². The molecular weight excluding hydrogens is 476 g/mol. The van der Waals surface area contributed by atoms with Crippen LogP contribution in [-0.4, -0.2) is 9.97 Å². The van der Waals surface area contributed by atoms with E-state index in [1.54, 1.807) is 0 Å². The first-order valence-corrected chi connectivity index (χ1v) is 13.1. The van der Waals surface area contributed by atoms with Gasteiger partial charge in [-0.2, -0.15) is 0 Å². The third-order valence-corrected chi connectivity index (χ3v) is 7.58. The molecule has 0 saturated heterocycles. The van der Waals surface area contributed by atoms with Gasteiger partial charge in [-0.15, -0.1) is 0 Å². The molecule has 0 aliphatic rings. The minimum absolute atomic E-state index is 0.638. The predicted octanol–water partition coefficient (Wildman–Crippen LogP) is 9.68. The van der Waals surface area contributed by atoms with Crippen LogP contribution in [0.1, 0.15) is 0 Å². The van der Waals surface area contributed by atoms with Gasteiger partial charge >= 0.3 is 0 Å². The number of pyridine rings is 1. The summed E-state index contributed by atoms with van der Waals surface area (Å²) >= 11 is 0. The molecule has 0 unspecified atom stereocenters. The molecule has 0 aliphatic heterocycles. The van der Waals surface area contributed by atoms with Crippen LogP contribution in [0.5, 0.6) is 0 Å². The Morgan fingerprint density at radius 2 is 1.08 bits per heavy atom. The van der Waals surface area contributed by atoms with E-state index in [0.717, 1.165) is 22.0 Å². The van der Waals surface area contributed by atoms with Crippen molar-refractivity contribution in [2.75, 3.05) is 0 Å². The van der Waals surface area contributed by atoms with Crippen LogP contribution in [0.25, 0.3) is 77.1 Å². The first kappa shape index (κ1) is 21.8. The van der Waals surface area contributed by atoms with Crippen molar-refractivity contribution in [1.29, 1.82) is 0 Å². The number of hydrogen-bond donors (Lipinski definition) is 0. The average Bonchev–Trinajstić information content (AvgIpc) is 3.44. The zero-order valence-corrected chi connectivity index (χ0v) is 21.0. The van der Waals surface area contributed by atoms with Gasteiger partial charge in [0.25, 0.3) is 0 Å². The van der Waals surface area contributed by atoms with Crippen LogP contribution in [0.3, 0.4) is 0 Å². The lowest BCUT2D eigenvalue weighted by Gasteiger charge is -2.18. The molecule has 0 N–H and O–H groups in total. The molecule has 3 heteroatoms. The Morgan fingerprint density at radius 3 is 1.77 bits per heavy atom. The summed E-state index contributed by atoms with van der Waals surface area (Å²) in [5, 5.41) is 7.27. The molecule has 0 radical (unpaired) electrons. The van der Waals surface area contributed by atoms with E-state index in [2.05, 4.69) is 107 Å². The maximum atomic E-state index is 6.02. The van der Waals surface area contributed by atoms with Crippen molar-refractivity contribution in [2.24, 2.45) is 0 Å². The van der Waals surface area contributed by atoms with Gasteiger partial charge in [-0.25, -0.2) is 4.98 Å². The van der Waals surface area contributed by atoms with Gasteiger partial charge in [-0.3, -0.25) is 4.98 Å². The summed E-state index contributed by atoms with van der Waals surface area (Å²) in [6, 6.07) is 42.7. The molecule has 0 saturated carbocycles. The van der Waals surface area contributed by atoms with E-state index in [1.165, 1.54) is 49.2 Å². The van der Waals surface area contributed by atoms with Gasteiger partial charge in [0, 0.05) is 23.3 Å². The van der Waals surface area contributed by atoms with Crippen LogP contribution in [0.15, 0.2) is 138 Å². The molecule has 0 aliphatic carbocycles. The van der Waals surface area contributed by atoms with Gasteiger partial charge < -0.3 is 4.42 Å². The van der Waals surface area contributed by atoms with Crippen molar-refractivity contribution in [2.45, 2.75) is 0 Å². The molecule has 8 aromatic rings. The Balaban J connectivity index is 1.35. The fourth-order valence-electron chi connectivity index (χ4n) is 5.76. The largest absolute Gasteiger partial charge is 0.436 e. The molecule has 182 valence electrons. The van der Waals surface area contributed by atoms with Crippen molar-refractivity contribution in [3.63, 3.8) is 0 Å². The van der Waals surface area contributed by atoms with E-state index >= 15 is 0 Å². The topological polar surface area (TPSA) is 38.9 Å². The Hall–Kier alpha value is -5.28. The second-order valence-electron chi connectivity index (χ2n) is 9.84. The summed E-state index contributed by atoms with van der Waals surface area (Å²) in [5.41, 5.74) is 7.50. The molecule has 0 spiro atoms. The second-order valence-corrected chi connectivity index (χ2v) is 9.84. The van der Waals surface area contributed by atoms with Crippen molar-refractivity contribution in [3.8, 4) is 33.7 Å². The highest BCUT2D eigenvalue weighted by Gasteiger charge is 2.17. The summed E-state index contributed by atoms with van der Waals surface area (Å²) in [4.78, 5) is 8.97. The SMILES string of the molecule is c1ccc2oc(-c3ccc(-c4c5ccccc5c(-c5ccc6cnccc6c5)c5ccccc45)cc3)nc2c1. The van der Waals surface area contributed by atoms with Gasteiger partial charge in [0.2, 0.25) is 5.89 Å². The van der Waals surface area contributed by atoms with Gasteiger partial charge in [0.15, 0.2) is 5.58 Å². The number of para-hydroxylation sites is 2. The van der Waals surface area contributed by atoms with E-state index < -0.39 is 0 Å². The first-order chi connectivity index (χ1) is 19.3. The summed E-state index contributed by atoms with van der Waals surface area (Å²) in [6.07, 6.45) is 3.78. The van der Waals surface area contributed by atoms with Crippen molar-refractivity contribution < 1.29 is 4.42 Å². The normalized spacial score (nSPS) is 11.6. The number of rotatable bonds is 3. The first-order valence-electron chi connectivity index (χ1n) is 13.1. The molecule has 3 nitrogen and oxygen atoms in total. The molecular formula is C36H22N2O. The zero-order valence-electron chi connectivity index (χ0n) is 21.0. The monoisotopic (exact) mass is 498 g/mol. The summed E-state index contributed by atoms with van der Waals surface area (Å²) in [5.74, 6) is 0.638. The minimum Gasteiger partial charge on any atom is -0.436 e. The minimum atomic E-state index is 0.638. The van der Waals surface area contributed by atoms with Crippen LogP contribution in [0.2, 0.25) is 0 Å². The molecule has 0 fully saturated rings. The quantitative estimate of drug-likeness (QED) is 0.228. The summed E-state index contributed by atoms with van der Waals surface area (Å²) in [7, 11) is 0. The Morgan fingerprint density at radius 1 is 0.487 bits per heavy atom. The Labute approximate surface area is 225 Å². The van der Waals surface area contributed by atoms with E-state index in [9.17, 15) is 0 Å². The van der Waals surface area contributed by atoms with Crippen molar-refractivity contribution in [3.05, 3.63) is 134 Å². The lowest BCUT2D eigenvalue weighted by Crippen LogP contribution is -1.91. The van der Waals surface area contributed by atoms with Crippen molar-refractivity contribution in [1.82, 2.24) is 9.97 Å². The maximum Gasteiger partial charge on any atom is 0.227 e. The van der Waals surface area contributed by atoms with Crippen LogP contribution >= 0.6 is 0 Å². The fraction of sp³-hybridized carbons (Fsp3) is 0. The smallest absolute Gasteiger partial charge is 0.227 e.